The molecule has 1 N–H and O–H groups in total. The minimum Gasteiger partial charge on any atom is -0.307 e. The van der Waals surface area contributed by atoms with E-state index in [4.69, 9.17) is 0 Å². The predicted molar refractivity (Wildman–Crippen MR) is 68.5 cm³/mol. The molecule has 16 heavy (non-hydrogen) atoms. The minimum atomic E-state index is 0.278. The molecule has 1 heterocycles. The molecule has 1 aliphatic heterocycles. The van der Waals surface area contributed by atoms with Gasteiger partial charge in [-0.3, -0.25) is 4.90 Å². The number of hydrogen-bond donors (Lipinski definition) is 1. The zero-order valence-electron chi connectivity index (χ0n) is 10.5. The monoisotopic (exact) mass is 218 g/mol. The molecule has 0 radical (unpaired) electrons. The highest BCUT2D eigenvalue weighted by molar-refractivity contribution is 5.20. The zero-order chi connectivity index (χ0) is 11.6. The molecule has 0 saturated carbocycles. The van der Waals surface area contributed by atoms with Gasteiger partial charge in [0, 0.05) is 24.7 Å². The summed E-state index contributed by atoms with van der Waals surface area (Å²) in [6.45, 7) is 10.1. The highest BCUT2D eigenvalue weighted by atomic mass is 15.3. The van der Waals surface area contributed by atoms with Crippen LogP contribution in [-0.4, -0.2) is 30.1 Å². The van der Waals surface area contributed by atoms with Gasteiger partial charge in [-0.05, 0) is 26.0 Å². The molecule has 1 fully saturated rings. The zero-order valence-corrected chi connectivity index (χ0v) is 10.5. The number of piperazine rings is 1. The Morgan fingerprint density at radius 3 is 2.62 bits per heavy atom. The molecule has 0 bridgehead atoms. The summed E-state index contributed by atoms with van der Waals surface area (Å²) in [6.07, 6.45) is 0. The van der Waals surface area contributed by atoms with Gasteiger partial charge in [0.1, 0.15) is 0 Å². The Kier molecular flexibility index (Phi) is 3.31. The summed E-state index contributed by atoms with van der Waals surface area (Å²) in [5, 5.41) is 3.65. The van der Waals surface area contributed by atoms with Crippen molar-refractivity contribution in [3.05, 3.63) is 35.9 Å². The van der Waals surface area contributed by atoms with Gasteiger partial charge >= 0.3 is 0 Å². The normalized spacial score (nSPS) is 25.6. The first-order chi connectivity index (χ1) is 7.63. The van der Waals surface area contributed by atoms with E-state index in [1.807, 2.05) is 0 Å². The third kappa shape index (κ3) is 2.28. The average molecular weight is 218 g/mol. The molecular formula is C14H22N2. The Bertz CT molecular complexity index is 332. The third-order valence-electron chi connectivity index (χ3n) is 3.62. The molecule has 1 atom stereocenters. The maximum Gasteiger partial charge on any atom is 0.0450 e. The van der Waals surface area contributed by atoms with Gasteiger partial charge in [0.2, 0.25) is 0 Å². The van der Waals surface area contributed by atoms with Crippen LogP contribution in [-0.2, 0) is 0 Å². The summed E-state index contributed by atoms with van der Waals surface area (Å²) in [6, 6.07) is 11.2. The highest BCUT2D eigenvalue weighted by Crippen LogP contribution is 2.25. The fraction of sp³-hybridized carbons (Fsp3) is 0.571. The maximum atomic E-state index is 3.65. The highest BCUT2D eigenvalue weighted by Gasteiger charge is 2.33. The average Bonchev–Trinajstić information content (AvgIpc) is 2.30. The van der Waals surface area contributed by atoms with Gasteiger partial charge in [-0.25, -0.2) is 0 Å². The summed E-state index contributed by atoms with van der Waals surface area (Å²) < 4.78 is 0. The second-order valence-electron chi connectivity index (χ2n) is 5.20. The second-order valence-corrected chi connectivity index (χ2v) is 5.20. The topological polar surface area (TPSA) is 15.3 Å². The molecular weight excluding hydrogens is 196 g/mol. The van der Waals surface area contributed by atoms with E-state index in [2.05, 4.69) is 61.3 Å². The molecule has 1 unspecified atom stereocenters. The largest absolute Gasteiger partial charge is 0.307 e. The van der Waals surface area contributed by atoms with E-state index in [0.717, 1.165) is 19.6 Å². The van der Waals surface area contributed by atoms with Gasteiger partial charge in [0.05, 0.1) is 0 Å². The van der Waals surface area contributed by atoms with Gasteiger partial charge in [-0.2, -0.15) is 0 Å². The molecule has 0 aliphatic carbocycles. The van der Waals surface area contributed by atoms with Crippen molar-refractivity contribution in [2.24, 2.45) is 0 Å². The number of hydrogen-bond acceptors (Lipinski definition) is 2. The van der Waals surface area contributed by atoms with Crippen LogP contribution in [0.4, 0.5) is 0 Å². The number of nitrogens with one attached hydrogen (secondary N) is 1. The molecule has 0 spiro atoms. The summed E-state index contributed by atoms with van der Waals surface area (Å²) in [7, 11) is 0. The lowest BCUT2D eigenvalue weighted by Gasteiger charge is -2.45. The Labute approximate surface area is 98.7 Å². The van der Waals surface area contributed by atoms with Crippen molar-refractivity contribution < 1.29 is 0 Å². The van der Waals surface area contributed by atoms with Crippen molar-refractivity contribution >= 4 is 0 Å². The van der Waals surface area contributed by atoms with Crippen LogP contribution in [0.3, 0.4) is 0 Å². The predicted octanol–water partition coefficient (Wildman–Crippen LogP) is 2.43. The first-order valence-corrected chi connectivity index (χ1v) is 6.17. The van der Waals surface area contributed by atoms with E-state index >= 15 is 0 Å². The van der Waals surface area contributed by atoms with Crippen LogP contribution in [0.15, 0.2) is 30.3 Å². The lowest BCUT2D eigenvalue weighted by atomic mass is 9.94. The summed E-state index contributed by atoms with van der Waals surface area (Å²) in [5.41, 5.74) is 1.68. The van der Waals surface area contributed by atoms with Gasteiger partial charge in [0.15, 0.2) is 0 Å². The van der Waals surface area contributed by atoms with Crippen LogP contribution in [0.25, 0.3) is 0 Å². The Morgan fingerprint density at radius 1 is 1.31 bits per heavy atom. The molecule has 2 heteroatoms. The summed E-state index contributed by atoms with van der Waals surface area (Å²) in [5.74, 6) is 0. The summed E-state index contributed by atoms with van der Waals surface area (Å²) >= 11 is 0. The lowest BCUT2D eigenvalue weighted by Crippen LogP contribution is -2.58. The first kappa shape index (κ1) is 11.6. The fourth-order valence-electron chi connectivity index (χ4n) is 2.48. The molecule has 1 aliphatic rings. The first-order valence-electron chi connectivity index (χ1n) is 6.17. The van der Waals surface area contributed by atoms with Gasteiger partial charge in [-0.1, -0.05) is 37.3 Å². The van der Waals surface area contributed by atoms with Crippen LogP contribution >= 0.6 is 0 Å². The molecule has 0 aromatic heterocycles. The molecule has 2 rings (SSSR count). The molecule has 1 aromatic carbocycles. The van der Waals surface area contributed by atoms with Crippen molar-refractivity contribution in [3.8, 4) is 0 Å². The second kappa shape index (κ2) is 4.56. The number of nitrogens with zero attached hydrogens (tertiary/aromatic N) is 1. The molecule has 88 valence electrons. The van der Waals surface area contributed by atoms with E-state index in [0.29, 0.717) is 6.04 Å². The summed E-state index contributed by atoms with van der Waals surface area (Å²) in [4.78, 5) is 2.56. The third-order valence-corrected chi connectivity index (χ3v) is 3.62. The number of likely N-dealkylation sites (N-methyl/N-ethyl adjacent to an activating group) is 1. The lowest BCUT2D eigenvalue weighted by molar-refractivity contribution is 0.0718. The van der Waals surface area contributed by atoms with Gasteiger partial charge < -0.3 is 5.32 Å². The Balaban J connectivity index is 2.11. The number of rotatable bonds is 2. The van der Waals surface area contributed by atoms with E-state index in [-0.39, 0.29) is 5.54 Å². The Hall–Kier alpha value is -0.860. The standard InChI is InChI=1S/C14H22N2/c1-4-16-10-13(15-11-14(16,2)3)12-8-6-5-7-9-12/h5-9,13,15H,4,10-11H2,1-3H3. The molecule has 0 amide bonds. The van der Waals surface area contributed by atoms with E-state index in [1.165, 1.54) is 5.56 Å². The molecule has 1 saturated heterocycles. The number of benzene rings is 1. The van der Waals surface area contributed by atoms with E-state index < -0.39 is 0 Å². The van der Waals surface area contributed by atoms with E-state index in [1.54, 1.807) is 0 Å². The SMILES string of the molecule is CCN1CC(c2ccccc2)NCC1(C)C. The van der Waals surface area contributed by atoms with Crippen LogP contribution in [0, 0.1) is 0 Å². The van der Waals surface area contributed by atoms with E-state index in [9.17, 15) is 0 Å². The van der Waals surface area contributed by atoms with Crippen LogP contribution < -0.4 is 5.32 Å². The minimum absolute atomic E-state index is 0.278. The quantitative estimate of drug-likeness (QED) is 0.820. The van der Waals surface area contributed by atoms with Gasteiger partial charge in [0.25, 0.3) is 0 Å². The van der Waals surface area contributed by atoms with Crippen molar-refractivity contribution in [1.29, 1.82) is 0 Å². The van der Waals surface area contributed by atoms with Crippen LogP contribution in [0.1, 0.15) is 32.4 Å². The smallest absolute Gasteiger partial charge is 0.0450 e. The Morgan fingerprint density at radius 2 is 2.00 bits per heavy atom. The van der Waals surface area contributed by atoms with Gasteiger partial charge in [-0.15, -0.1) is 0 Å². The van der Waals surface area contributed by atoms with Crippen LogP contribution in [0.5, 0.6) is 0 Å². The van der Waals surface area contributed by atoms with Crippen molar-refractivity contribution in [2.45, 2.75) is 32.4 Å². The maximum absolute atomic E-state index is 3.65. The van der Waals surface area contributed by atoms with Crippen molar-refractivity contribution in [2.75, 3.05) is 19.6 Å². The van der Waals surface area contributed by atoms with Crippen molar-refractivity contribution in [1.82, 2.24) is 10.2 Å². The fourth-order valence-corrected chi connectivity index (χ4v) is 2.48. The molecule has 2 nitrogen and oxygen atoms in total. The van der Waals surface area contributed by atoms with Crippen molar-refractivity contribution in [3.63, 3.8) is 0 Å². The van der Waals surface area contributed by atoms with Crippen LogP contribution in [0.2, 0.25) is 0 Å². The molecule has 1 aromatic rings.